The van der Waals surface area contributed by atoms with E-state index < -0.39 is 0 Å². The van der Waals surface area contributed by atoms with E-state index in [0.29, 0.717) is 23.5 Å². The third-order valence-electron chi connectivity index (χ3n) is 5.08. The maximum Gasteiger partial charge on any atom is 0.163 e. The first-order valence-electron chi connectivity index (χ1n) is 9.24. The molecule has 0 spiro atoms. The normalized spacial score (nSPS) is 17.0. The maximum absolute atomic E-state index is 12.7. The Morgan fingerprint density at radius 1 is 1.12 bits per heavy atom. The average molecular weight is 329 g/mol. The van der Waals surface area contributed by atoms with Gasteiger partial charge in [-0.2, -0.15) is 0 Å². The van der Waals surface area contributed by atoms with Gasteiger partial charge in [0.15, 0.2) is 11.6 Å². The Morgan fingerprint density at radius 3 is 2.42 bits per heavy atom. The molecule has 1 fully saturated rings. The predicted molar refractivity (Wildman–Crippen MR) is 98.6 cm³/mol. The molecule has 132 valence electrons. The number of nitrogens with zero attached hydrogens (tertiary/aromatic N) is 1. The van der Waals surface area contributed by atoms with E-state index in [1.165, 1.54) is 32.1 Å². The lowest BCUT2D eigenvalue weighted by Gasteiger charge is -2.28. The number of hydrogen-bond donors (Lipinski definition) is 0. The van der Waals surface area contributed by atoms with Crippen LogP contribution in [0.3, 0.4) is 0 Å². The standard InChI is InChI=1S/C21H31NO2/c1-16(23)19-10-7-11-20(14-19)21(24)13-18(15-22(2)3)12-17-8-5-4-6-9-17/h7,10-11,14,17-18H,4-6,8-9,12-13,15H2,1-3H3/t18-/m1/s1. The lowest BCUT2D eigenvalue weighted by Crippen LogP contribution is -2.26. The van der Waals surface area contributed by atoms with Gasteiger partial charge in [-0.05, 0) is 45.3 Å². The smallest absolute Gasteiger partial charge is 0.163 e. The fourth-order valence-corrected chi connectivity index (χ4v) is 3.92. The van der Waals surface area contributed by atoms with Gasteiger partial charge in [-0.1, -0.05) is 50.3 Å². The summed E-state index contributed by atoms with van der Waals surface area (Å²) in [4.78, 5) is 26.4. The van der Waals surface area contributed by atoms with Crippen molar-refractivity contribution in [1.82, 2.24) is 4.90 Å². The fourth-order valence-electron chi connectivity index (χ4n) is 3.92. The summed E-state index contributed by atoms with van der Waals surface area (Å²) in [6.45, 7) is 2.50. The highest BCUT2D eigenvalue weighted by molar-refractivity contribution is 6.00. The zero-order valence-corrected chi connectivity index (χ0v) is 15.4. The van der Waals surface area contributed by atoms with E-state index in [1.54, 1.807) is 19.1 Å². The monoisotopic (exact) mass is 329 g/mol. The van der Waals surface area contributed by atoms with Gasteiger partial charge >= 0.3 is 0 Å². The van der Waals surface area contributed by atoms with E-state index >= 15 is 0 Å². The SMILES string of the molecule is CC(=O)c1cccc(C(=O)C[C@@H](CC2CCCCC2)CN(C)C)c1. The van der Waals surface area contributed by atoms with Gasteiger partial charge in [-0.3, -0.25) is 9.59 Å². The van der Waals surface area contributed by atoms with Crippen LogP contribution in [0.4, 0.5) is 0 Å². The number of ketones is 2. The Bertz CT molecular complexity index is 559. The third kappa shape index (κ3) is 5.86. The van der Waals surface area contributed by atoms with Crippen molar-refractivity contribution in [2.45, 2.75) is 51.9 Å². The Hall–Kier alpha value is -1.48. The van der Waals surface area contributed by atoms with Crippen molar-refractivity contribution in [3.8, 4) is 0 Å². The molecule has 0 aromatic heterocycles. The minimum absolute atomic E-state index is 0.0108. The fraction of sp³-hybridized carbons (Fsp3) is 0.619. The van der Waals surface area contributed by atoms with Crippen LogP contribution >= 0.6 is 0 Å². The Balaban J connectivity index is 2.02. The van der Waals surface area contributed by atoms with E-state index in [9.17, 15) is 9.59 Å². The molecular formula is C21H31NO2. The highest BCUT2D eigenvalue weighted by atomic mass is 16.1. The summed E-state index contributed by atoms with van der Waals surface area (Å²) in [6.07, 6.45) is 8.41. The van der Waals surface area contributed by atoms with Gasteiger partial charge in [0.05, 0.1) is 0 Å². The number of Topliss-reactive ketones (excluding diaryl/α,β-unsaturated/α-hetero) is 2. The molecule has 0 radical (unpaired) electrons. The molecular weight excluding hydrogens is 298 g/mol. The van der Waals surface area contributed by atoms with Crippen molar-refractivity contribution < 1.29 is 9.59 Å². The van der Waals surface area contributed by atoms with Crippen molar-refractivity contribution in [2.75, 3.05) is 20.6 Å². The second-order valence-electron chi connectivity index (χ2n) is 7.63. The van der Waals surface area contributed by atoms with Gasteiger partial charge in [0.2, 0.25) is 0 Å². The number of rotatable bonds is 8. The lowest BCUT2D eigenvalue weighted by atomic mass is 9.80. The van der Waals surface area contributed by atoms with Crippen LogP contribution in [0.25, 0.3) is 0 Å². The molecule has 1 atom stereocenters. The summed E-state index contributed by atoms with van der Waals surface area (Å²) in [5, 5.41) is 0. The molecule has 1 aromatic rings. The molecule has 2 rings (SSSR count). The summed E-state index contributed by atoms with van der Waals surface area (Å²) in [5.41, 5.74) is 1.30. The second kappa shape index (κ2) is 9.12. The molecule has 3 nitrogen and oxygen atoms in total. The minimum atomic E-state index is 0.0108. The molecule has 3 heteroatoms. The summed E-state index contributed by atoms with van der Waals surface area (Å²) in [7, 11) is 4.16. The summed E-state index contributed by atoms with van der Waals surface area (Å²) in [6, 6.07) is 7.17. The average Bonchev–Trinajstić information content (AvgIpc) is 2.55. The summed E-state index contributed by atoms with van der Waals surface area (Å²) < 4.78 is 0. The molecule has 24 heavy (non-hydrogen) atoms. The first kappa shape index (κ1) is 18.9. The van der Waals surface area contributed by atoms with Crippen molar-refractivity contribution in [2.24, 2.45) is 11.8 Å². The van der Waals surface area contributed by atoms with Gasteiger partial charge < -0.3 is 4.90 Å². The highest BCUT2D eigenvalue weighted by Gasteiger charge is 2.22. The molecule has 0 bridgehead atoms. The number of benzene rings is 1. The zero-order valence-electron chi connectivity index (χ0n) is 15.4. The van der Waals surface area contributed by atoms with Crippen molar-refractivity contribution >= 4 is 11.6 Å². The molecule has 1 aliphatic carbocycles. The summed E-state index contributed by atoms with van der Waals surface area (Å²) in [5.74, 6) is 1.36. The van der Waals surface area contributed by atoms with Gasteiger partial charge in [-0.25, -0.2) is 0 Å². The Labute approximate surface area is 146 Å². The molecule has 0 unspecified atom stereocenters. The second-order valence-corrected chi connectivity index (χ2v) is 7.63. The predicted octanol–water partition coefficient (Wildman–Crippen LogP) is 4.61. The van der Waals surface area contributed by atoms with Crippen LogP contribution in [0.15, 0.2) is 24.3 Å². The van der Waals surface area contributed by atoms with Crippen molar-refractivity contribution in [3.63, 3.8) is 0 Å². The minimum Gasteiger partial charge on any atom is -0.309 e. The van der Waals surface area contributed by atoms with Gasteiger partial charge in [-0.15, -0.1) is 0 Å². The first-order valence-corrected chi connectivity index (χ1v) is 9.24. The quantitative estimate of drug-likeness (QED) is 0.654. The van der Waals surface area contributed by atoms with E-state index in [4.69, 9.17) is 0 Å². The zero-order chi connectivity index (χ0) is 17.5. The van der Waals surface area contributed by atoms with Crippen molar-refractivity contribution in [1.29, 1.82) is 0 Å². The van der Waals surface area contributed by atoms with E-state index in [-0.39, 0.29) is 11.6 Å². The molecule has 0 aliphatic heterocycles. The van der Waals surface area contributed by atoms with Gasteiger partial charge in [0, 0.05) is 24.1 Å². The van der Waals surface area contributed by atoms with Crippen molar-refractivity contribution in [3.05, 3.63) is 35.4 Å². The van der Waals surface area contributed by atoms with Crippen LogP contribution < -0.4 is 0 Å². The Kier molecular flexibility index (Phi) is 7.16. The Morgan fingerprint density at radius 2 is 1.79 bits per heavy atom. The lowest BCUT2D eigenvalue weighted by molar-refractivity contribution is 0.0940. The molecule has 0 N–H and O–H groups in total. The van der Waals surface area contributed by atoms with Crippen LogP contribution in [0.1, 0.15) is 72.6 Å². The molecule has 1 saturated carbocycles. The topological polar surface area (TPSA) is 37.4 Å². The molecule has 0 saturated heterocycles. The van der Waals surface area contributed by atoms with Crippen LogP contribution in [0.2, 0.25) is 0 Å². The number of carbonyl (C=O) groups is 2. The van der Waals surface area contributed by atoms with Crippen LogP contribution in [-0.2, 0) is 0 Å². The van der Waals surface area contributed by atoms with Gasteiger partial charge in [0.25, 0.3) is 0 Å². The first-order chi connectivity index (χ1) is 11.5. The summed E-state index contributed by atoms with van der Waals surface area (Å²) >= 11 is 0. The molecule has 1 aromatic carbocycles. The van der Waals surface area contributed by atoms with E-state index in [0.717, 1.165) is 18.9 Å². The maximum atomic E-state index is 12.7. The van der Waals surface area contributed by atoms with Gasteiger partial charge in [0.1, 0.15) is 0 Å². The van der Waals surface area contributed by atoms with E-state index in [1.807, 2.05) is 12.1 Å². The number of hydrogen-bond acceptors (Lipinski definition) is 3. The van der Waals surface area contributed by atoms with E-state index in [2.05, 4.69) is 19.0 Å². The molecule has 0 heterocycles. The molecule has 1 aliphatic rings. The highest BCUT2D eigenvalue weighted by Crippen LogP contribution is 2.31. The van der Waals surface area contributed by atoms with Crippen LogP contribution in [-0.4, -0.2) is 37.1 Å². The number of carbonyl (C=O) groups excluding carboxylic acids is 2. The van der Waals surface area contributed by atoms with Crippen LogP contribution in [0, 0.1) is 11.8 Å². The largest absolute Gasteiger partial charge is 0.309 e. The van der Waals surface area contributed by atoms with Crippen LogP contribution in [0.5, 0.6) is 0 Å². The molecule has 0 amide bonds. The third-order valence-corrected chi connectivity index (χ3v) is 5.08.